The van der Waals surface area contributed by atoms with Crippen LogP contribution in [0.1, 0.15) is 30.4 Å². The highest BCUT2D eigenvalue weighted by molar-refractivity contribution is 5.79. The predicted octanol–water partition coefficient (Wildman–Crippen LogP) is 0.671. The molecule has 1 aromatic carbocycles. The first-order chi connectivity index (χ1) is 13.1. The van der Waals surface area contributed by atoms with E-state index in [0.717, 1.165) is 32.2 Å². The van der Waals surface area contributed by atoms with Crippen LogP contribution in [-0.4, -0.2) is 83.0 Å². The largest absolute Gasteiger partial charge is 0.390 e. The number of aliphatic hydroxyl groups excluding tert-OH is 1. The van der Waals surface area contributed by atoms with Gasteiger partial charge in [-0.2, -0.15) is 0 Å². The normalized spacial score (nSPS) is 24.6. The molecule has 4 rings (SSSR count). The number of carbonyl (C=O) groups excluding carboxylic acids is 2. The van der Waals surface area contributed by atoms with Crippen molar-refractivity contribution < 1.29 is 14.7 Å². The van der Waals surface area contributed by atoms with Gasteiger partial charge in [0.15, 0.2) is 0 Å². The Balaban J connectivity index is 1.32. The van der Waals surface area contributed by atoms with Crippen LogP contribution in [0.3, 0.4) is 0 Å². The number of hydrogen-bond donors (Lipinski definition) is 1. The van der Waals surface area contributed by atoms with Crippen LogP contribution in [0, 0.1) is 0 Å². The van der Waals surface area contributed by atoms with Gasteiger partial charge in [0.2, 0.25) is 11.8 Å². The summed E-state index contributed by atoms with van der Waals surface area (Å²) < 4.78 is 0. The van der Waals surface area contributed by atoms with Crippen LogP contribution < -0.4 is 0 Å². The van der Waals surface area contributed by atoms with E-state index in [1.807, 2.05) is 4.90 Å². The van der Waals surface area contributed by atoms with E-state index in [2.05, 4.69) is 29.2 Å². The van der Waals surface area contributed by atoms with Gasteiger partial charge in [0.25, 0.3) is 0 Å². The fourth-order valence-electron chi connectivity index (χ4n) is 4.70. The smallest absolute Gasteiger partial charge is 0.236 e. The summed E-state index contributed by atoms with van der Waals surface area (Å²) in [5.41, 5.74) is 2.72. The van der Waals surface area contributed by atoms with Gasteiger partial charge in [-0.3, -0.25) is 14.5 Å². The second-order valence-corrected chi connectivity index (χ2v) is 8.09. The number of β-amino-alcohol motifs (C(OH)–C–C–N with tert-alkyl or cyclic N) is 1. The summed E-state index contributed by atoms with van der Waals surface area (Å²) in [5.74, 6) is 0.319. The van der Waals surface area contributed by atoms with E-state index in [1.165, 1.54) is 11.1 Å². The van der Waals surface area contributed by atoms with Crippen molar-refractivity contribution in [3.63, 3.8) is 0 Å². The molecule has 1 unspecified atom stereocenters. The fraction of sp³-hybridized carbons (Fsp3) is 0.619. The van der Waals surface area contributed by atoms with Crippen LogP contribution in [0.4, 0.5) is 0 Å². The van der Waals surface area contributed by atoms with Gasteiger partial charge < -0.3 is 14.9 Å². The summed E-state index contributed by atoms with van der Waals surface area (Å²) in [6, 6.07) is 8.75. The number of rotatable bonds is 5. The van der Waals surface area contributed by atoms with Gasteiger partial charge in [0, 0.05) is 45.2 Å². The highest BCUT2D eigenvalue weighted by atomic mass is 16.3. The van der Waals surface area contributed by atoms with Crippen LogP contribution in [0.25, 0.3) is 0 Å². The topological polar surface area (TPSA) is 64.1 Å². The second-order valence-electron chi connectivity index (χ2n) is 8.09. The molecule has 1 N–H and O–H groups in total. The Labute approximate surface area is 160 Å². The van der Waals surface area contributed by atoms with Crippen molar-refractivity contribution in [3.8, 4) is 0 Å². The quantitative estimate of drug-likeness (QED) is 0.826. The molecule has 0 bridgehead atoms. The molecule has 2 heterocycles. The van der Waals surface area contributed by atoms with Gasteiger partial charge in [0.05, 0.1) is 12.6 Å². The molecular weight excluding hydrogens is 342 g/mol. The summed E-state index contributed by atoms with van der Waals surface area (Å²) in [6.07, 6.45) is 3.76. The number of likely N-dealkylation sites (tertiary alicyclic amines) is 1. The first kappa shape index (κ1) is 18.4. The van der Waals surface area contributed by atoms with Crippen LogP contribution >= 0.6 is 0 Å². The Morgan fingerprint density at radius 2 is 1.67 bits per heavy atom. The molecule has 6 heteroatoms. The summed E-state index contributed by atoms with van der Waals surface area (Å²) in [7, 11) is 0. The monoisotopic (exact) mass is 371 g/mol. The van der Waals surface area contributed by atoms with E-state index in [-0.39, 0.29) is 11.8 Å². The summed E-state index contributed by atoms with van der Waals surface area (Å²) in [4.78, 5) is 30.3. The van der Waals surface area contributed by atoms with Crippen molar-refractivity contribution in [1.29, 1.82) is 0 Å². The van der Waals surface area contributed by atoms with Crippen molar-refractivity contribution in [2.75, 3.05) is 39.3 Å². The lowest BCUT2D eigenvalue weighted by atomic mass is 10.1. The highest BCUT2D eigenvalue weighted by Gasteiger charge is 2.33. The Bertz CT molecular complexity index is 683. The molecule has 1 aromatic rings. The van der Waals surface area contributed by atoms with Crippen LogP contribution in [-0.2, 0) is 22.4 Å². The van der Waals surface area contributed by atoms with E-state index >= 15 is 0 Å². The second kappa shape index (κ2) is 7.98. The average Bonchev–Trinajstić information content (AvgIpc) is 3.22. The number of hydrogen-bond acceptors (Lipinski definition) is 4. The lowest BCUT2D eigenvalue weighted by Crippen LogP contribution is -2.43. The third kappa shape index (κ3) is 4.17. The first-order valence-corrected chi connectivity index (χ1v) is 10.1. The molecule has 3 aliphatic rings. The molecule has 0 spiro atoms. The number of carbonyl (C=O) groups is 2. The zero-order valence-electron chi connectivity index (χ0n) is 15.8. The first-order valence-electron chi connectivity index (χ1n) is 10.1. The third-order valence-electron chi connectivity index (χ3n) is 6.14. The highest BCUT2D eigenvalue weighted by Crippen LogP contribution is 2.26. The molecular formula is C21H29N3O3. The standard InChI is InChI=1S/C21H29N3O3/c25-19-13-23(10-4-9-22-8-3-7-20(22)26)21(27)15-24(14-19)18-11-16-5-1-2-6-17(16)12-18/h1-2,5-6,18-19,25H,3-4,7-15H2. The molecule has 0 aromatic heterocycles. The molecule has 2 fully saturated rings. The lowest BCUT2D eigenvalue weighted by molar-refractivity contribution is -0.132. The van der Waals surface area contributed by atoms with E-state index in [0.29, 0.717) is 45.2 Å². The minimum Gasteiger partial charge on any atom is -0.390 e. The minimum atomic E-state index is -0.520. The maximum absolute atomic E-state index is 12.8. The molecule has 146 valence electrons. The van der Waals surface area contributed by atoms with Crippen LogP contribution in [0.2, 0.25) is 0 Å². The zero-order chi connectivity index (χ0) is 18.8. The van der Waals surface area contributed by atoms with Gasteiger partial charge in [-0.05, 0) is 36.8 Å². The van der Waals surface area contributed by atoms with Crippen LogP contribution in [0.15, 0.2) is 24.3 Å². The lowest BCUT2D eigenvalue weighted by Gasteiger charge is -2.27. The maximum atomic E-state index is 12.8. The predicted molar refractivity (Wildman–Crippen MR) is 102 cm³/mol. The van der Waals surface area contributed by atoms with Gasteiger partial charge in [-0.25, -0.2) is 0 Å². The van der Waals surface area contributed by atoms with Crippen molar-refractivity contribution >= 4 is 11.8 Å². The molecule has 2 saturated heterocycles. The van der Waals surface area contributed by atoms with E-state index in [9.17, 15) is 14.7 Å². The van der Waals surface area contributed by atoms with Gasteiger partial charge in [-0.1, -0.05) is 24.3 Å². The van der Waals surface area contributed by atoms with E-state index < -0.39 is 6.10 Å². The molecule has 27 heavy (non-hydrogen) atoms. The van der Waals surface area contributed by atoms with Crippen molar-refractivity contribution in [2.24, 2.45) is 0 Å². The SMILES string of the molecule is O=C1CCCN1CCCN1CC(O)CN(C2Cc3ccccc3C2)CC1=O. The van der Waals surface area contributed by atoms with Gasteiger partial charge >= 0.3 is 0 Å². The summed E-state index contributed by atoms with van der Waals surface area (Å²) in [5, 5.41) is 10.5. The van der Waals surface area contributed by atoms with E-state index in [1.54, 1.807) is 4.90 Å². The number of fused-ring (bicyclic) bond motifs is 1. The molecule has 1 atom stereocenters. The zero-order valence-corrected chi connectivity index (χ0v) is 15.8. The molecule has 2 amide bonds. The molecule has 1 aliphatic carbocycles. The Kier molecular flexibility index (Phi) is 5.45. The number of benzene rings is 1. The molecule has 6 nitrogen and oxygen atoms in total. The fourth-order valence-corrected chi connectivity index (χ4v) is 4.70. The van der Waals surface area contributed by atoms with Crippen molar-refractivity contribution in [2.45, 2.75) is 44.2 Å². The number of nitrogens with zero attached hydrogens (tertiary/aromatic N) is 3. The third-order valence-corrected chi connectivity index (χ3v) is 6.14. The maximum Gasteiger partial charge on any atom is 0.236 e. The minimum absolute atomic E-state index is 0.0928. The van der Waals surface area contributed by atoms with Gasteiger partial charge in [0.1, 0.15) is 0 Å². The Morgan fingerprint density at radius 1 is 0.963 bits per heavy atom. The number of aliphatic hydroxyl groups is 1. The van der Waals surface area contributed by atoms with Crippen molar-refractivity contribution in [1.82, 2.24) is 14.7 Å². The van der Waals surface area contributed by atoms with E-state index in [4.69, 9.17) is 0 Å². The van der Waals surface area contributed by atoms with Crippen molar-refractivity contribution in [3.05, 3.63) is 35.4 Å². The summed E-state index contributed by atoms with van der Waals surface area (Å²) in [6.45, 7) is 3.47. The van der Waals surface area contributed by atoms with Gasteiger partial charge in [-0.15, -0.1) is 0 Å². The Hall–Kier alpha value is -1.92. The summed E-state index contributed by atoms with van der Waals surface area (Å²) >= 11 is 0. The average molecular weight is 371 g/mol. The molecule has 2 aliphatic heterocycles. The van der Waals surface area contributed by atoms with Crippen LogP contribution in [0.5, 0.6) is 0 Å². The molecule has 0 radical (unpaired) electrons. The number of amides is 2. The Morgan fingerprint density at radius 3 is 2.33 bits per heavy atom. The molecule has 0 saturated carbocycles.